The van der Waals surface area contributed by atoms with Crippen molar-refractivity contribution in [2.24, 2.45) is 5.92 Å². The number of hydrogen-bond donors (Lipinski definition) is 2. The Morgan fingerprint density at radius 1 is 1.30 bits per heavy atom. The Bertz CT molecular complexity index is 588. The third-order valence-electron chi connectivity index (χ3n) is 3.54. The summed E-state index contributed by atoms with van der Waals surface area (Å²) < 4.78 is 41.1. The smallest absolute Gasteiger partial charge is 0.481 e. The topological polar surface area (TPSA) is 75.6 Å². The first kappa shape index (κ1) is 17.1. The number of carboxylic acid groups (broad SMARTS) is 1. The van der Waals surface area contributed by atoms with Crippen molar-refractivity contribution in [1.82, 2.24) is 5.32 Å². The van der Waals surface area contributed by atoms with Crippen LogP contribution in [0.4, 0.5) is 13.2 Å². The maximum atomic E-state index is 12.4. The van der Waals surface area contributed by atoms with E-state index in [1.807, 2.05) is 0 Å². The van der Waals surface area contributed by atoms with E-state index in [1.165, 1.54) is 18.2 Å². The molecule has 23 heavy (non-hydrogen) atoms. The van der Waals surface area contributed by atoms with Crippen molar-refractivity contribution in [3.63, 3.8) is 0 Å². The highest BCUT2D eigenvalue weighted by atomic mass is 19.4. The minimum Gasteiger partial charge on any atom is -0.481 e. The van der Waals surface area contributed by atoms with Crippen LogP contribution in [0.5, 0.6) is 5.75 Å². The fraction of sp³-hybridized carbons (Fsp3) is 0.467. The molecule has 1 fully saturated rings. The zero-order valence-electron chi connectivity index (χ0n) is 12.1. The van der Waals surface area contributed by atoms with Crippen molar-refractivity contribution < 1.29 is 32.6 Å². The average molecular weight is 331 g/mol. The molecule has 8 heteroatoms. The van der Waals surface area contributed by atoms with Crippen molar-refractivity contribution in [3.8, 4) is 5.75 Å². The third-order valence-corrected chi connectivity index (χ3v) is 3.54. The van der Waals surface area contributed by atoms with Crippen molar-refractivity contribution in [2.45, 2.75) is 31.5 Å². The van der Waals surface area contributed by atoms with Gasteiger partial charge in [-0.15, -0.1) is 13.2 Å². The summed E-state index contributed by atoms with van der Waals surface area (Å²) in [5.74, 6) is -2.22. The highest BCUT2D eigenvalue weighted by molar-refractivity contribution is 5.83. The number of para-hydroxylation sites is 1. The summed E-state index contributed by atoms with van der Waals surface area (Å²) >= 11 is 0. The van der Waals surface area contributed by atoms with Gasteiger partial charge in [-0.1, -0.05) is 18.2 Å². The van der Waals surface area contributed by atoms with E-state index in [4.69, 9.17) is 5.11 Å². The summed E-state index contributed by atoms with van der Waals surface area (Å²) in [7, 11) is 0. The van der Waals surface area contributed by atoms with E-state index in [2.05, 4.69) is 10.1 Å². The van der Waals surface area contributed by atoms with E-state index in [-0.39, 0.29) is 30.5 Å². The third kappa shape index (κ3) is 5.15. The van der Waals surface area contributed by atoms with Gasteiger partial charge in [0.1, 0.15) is 5.75 Å². The molecule has 2 atom stereocenters. The molecule has 1 aromatic rings. The molecule has 0 bridgehead atoms. The fourth-order valence-corrected chi connectivity index (χ4v) is 2.42. The maximum absolute atomic E-state index is 12.4. The quantitative estimate of drug-likeness (QED) is 0.753. The van der Waals surface area contributed by atoms with Gasteiger partial charge in [-0.05, 0) is 30.4 Å². The van der Waals surface area contributed by atoms with E-state index in [0.717, 1.165) is 0 Å². The van der Waals surface area contributed by atoms with E-state index in [1.54, 1.807) is 6.07 Å². The molecule has 0 radical (unpaired) electrons. The monoisotopic (exact) mass is 331 g/mol. The molecule has 1 saturated carbocycles. The molecule has 0 unspecified atom stereocenters. The molecule has 0 spiro atoms. The predicted octanol–water partition coefficient (Wildman–Crippen LogP) is 2.67. The van der Waals surface area contributed by atoms with Crippen molar-refractivity contribution in [2.75, 3.05) is 6.54 Å². The Kier molecular flexibility index (Phi) is 5.12. The molecular formula is C15H16F3NO4. The van der Waals surface area contributed by atoms with Gasteiger partial charge in [0.05, 0.1) is 0 Å². The van der Waals surface area contributed by atoms with Gasteiger partial charge < -0.3 is 15.2 Å². The van der Waals surface area contributed by atoms with E-state index in [0.29, 0.717) is 18.4 Å². The number of nitrogens with one attached hydrogen (secondary N) is 1. The molecule has 2 N–H and O–H groups in total. The van der Waals surface area contributed by atoms with Crippen LogP contribution in [-0.4, -0.2) is 29.9 Å². The van der Waals surface area contributed by atoms with Crippen LogP contribution in [-0.2, 0) is 9.59 Å². The Morgan fingerprint density at radius 3 is 2.65 bits per heavy atom. The van der Waals surface area contributed by atoms with Gasteiger partial charge in [-0.2, -0.15) is 0 Å². The normalized spacial score (nSPS) is 20.0. The first-order chi connectivity index (χ1) is 10.8. The summed E-state index contributed by atoms with van der Waals surface area (Å²) in [5, 5.41) is 11.1. The van der Waals surface area contributed by atoms with Crippen LogP contribution in [0, 0.1) is 5.92 Å². The van der Waals surface area contributed by atoms with Crippen molar-refractivity contribution >= 4 is 11.9 Å². The van der Waals surface area contributed by atoms with Crippen molar-refractivity contribution in [1.29, 1.82) is 0 Å². The van der Waals surface area contributed by atoms with Crippen LogP contribution in [0.25, 0.3) is 0 Å². The number of carbonyl (C=O) groups excluding carboxylic acids is 1. The zero-order chi connectivity index (χ0) is 17.0. The van der Waals surface area contributed by atoms with Crippen LogP contribution in [0.1, 0.15) is 30.7 Å². The molecule has 0 aromatic heterocycles. The van der Waals surface area contributed by atoms with Crippen molar-refractivity contribution in [3.05, 3.63) is 29.8 Å². The van der Waals surface area contributed by atoms with Crippen LogP contribution in [0.15, 0.2) is 24.3 Å². The van der Waals surface area contributed by atoms with E-state index in [9.17, 15) is 22.8 Å². The summed E-state index contributed by atoms with van der Waals surface area (Å²) in [6.45, 7) is 0.231. The number of amides is 1. The zero-order valence-corrected chi connectivity index (χ0v) is 12.1. The average Bonchev–Trinajstić information content (AvgIpc) is 3.22. The highest BCUT2D eigenvalue weighted by Gasteiger charge is 2.46. The predicted molar refractivity (Wildman–Crippen MR) is 73.9 cm³/mol. The van der Waals surface area contributed by atoms with Gasteiger partial charge in [-0.25, -0.2) is 0 Å². The molecule has 0 heterocycles. The fourth-order valence-electron chi connectivity index (χ4n) is 2.42. The number of ether oxygens (including phenoxy) is 1. The van der Waals surface area contributed by atoms with Crippen LogP contribution >= 0.6 is 0 Å². The number of carbonyl (C=O) groups is 2. The first-order valence-corrected chi connectivity index (χ1v) is 7.12. The molecule has 1 aromatic carbocycles. The molecular weight excluding hydrogens is 315 g/mol. The lowest BCUT2D eigenvalue weighted by molar-refractivity contribution is -0.274. The Morgan fingerprint density at radius 2 is 2.00 bits per heavy atom. The Labute approximate surface area is 130 Å². The molecule has 126 valence electrons. The lowest BCUT2D eigenvalue weighted by Gasteiger charge is -2.13. The highest BCUT2D eigenvalue weighted by Crippen LogP contribution is 2.50. The van der Waals surface area contributed by atoms with Gasteiger partial charge in [0.2, 0.25) is 5.91 Å². The van der Waals surface area contributed by atoms with Gasteiger partial charge >= 0.3 is 12.3 Å². The Balaban J connectivity index is 1.90. The second-order valence-electron chi connectivity index (χ2n) is 5.32. The summed E-state index contributed by atoms with van der Waals surface area (Å²) in [6.07, 6.45) is -4.06. The van der Waals surface area contributed by atoms with Gasteiger partial charge in [-0.3, -0.25) is 9.59 Å². The first-order valence-electron chi connectivity index (χ1n) is 7.12. The van der Waals surface area contributed by atoms with Crippen LogP contribution < -0.4 is 10.1 Å². The van der Waals surface area contributed by atoms with Gasteiger partial charge in [0, 0.05) is 18.9 Å². The van der Waals surface area contributed by atoms with E-state index >= 15 is 0 Å². The molecule has 5 nitrogen and oxygen atoms in total. The number of aliphatic carboxylic acids is 1. The van der Waals surface area contributed by atoms with E-state index < -0.39 is 18.2 Å². The second-order valence-corrected chi connectivity index (χ2v) is 5.32. The number of hydrogen-bond acceptors (Lipinski definition) is 3. The second kappa shape index (κ2) is 6.89. The minimum atomic E-state index is -4.78. The molecule has 1 aliphatic carbocycles. The van der Waals surface area contributed by atoms with Gasteiger partial charge in [0.15, 0.2) is 0 Å². The SMILES string of the molecule is O=C(O)CCCNC(=O)[C@H]1C[C@@H]1c1ccccc1OC(F)(F)F. The maximum Gasteiger partial charge on any atom is 0.573 e. The molecule has 0 aliphatic heterocycles. The lowest BCUT2D eigenvalue weighted by atomic mass is 10.1. The molecule has 1 aliphatic rings. The molecule has 1 amide bonds. The number of halogens is 3. The number of alkyl halides is 3. The lowest BCUT2D eigenvalue weighted by Crippen LogP contribution is -2.26. The van der Waals surface area contributed by atoms with Crippen LogP contribution in [0.2, 0.25) is 0 Å². The standard InChI is InChI=1S/C15H16F3NO4/c16-15(17,18)23-12-5-2-1-4-9(12)10-8-11(10)14(22)19-7-3-6-13(20)21/h1-2,4-5,10-11H,3,6-8H2,(H,19,22)(H,20,21)/t10-,11+/m1/s1. The van der Waals surface area contributed by atoms with Crippen LogP contribution in [0.3, 0.4) is 0 Å². The number of carboxylic acids is 1. The largest absolute Gasteiger partial charge is 0.573 e. The minimum absolute atomic E-state index is 0.0450. The molecule has 0 saturated heterocycles. The number of benzene rings is 1. The summed E-state index contributed by atoms with van der Waals surface area (Å²) in [5.41, 5.74) is 0.357. The molecule has 2 rings (SSSR count). The Hall–Kier alpha value is -2.25. The van der Waals surface area contributed by atoms with Gasteiger partial charge in [0.25, 0.3) is 0 Å². The summed E-state index contributed by atoms with van der Waals surface area (Å²) in [6, 6.07) is 5.78. The summed E-state index contributed by atoms with van der Waals surface area (Å²) in [4.78, 5) is 22.3. The number of rotatable bonds is 7.